The van der Waals surface area contributed by atoms with Crippen LogP contribution in [-0.4, -0.2) is 15.1 Å². The average molecular weight is 307 g/mol. The van der Waals surface area contributed by atoms with E-state index in [9.17, 15) is 5.11 Å². The van der Waals surface area contributed by atoms with Gasteiger partial charge in [0.25, 0.3) is 0 Å². The lowest BCUT2D eigenvalue weighted by molar-refractivity contribution is 0.0849. The lowest BCUT2D eigenvalue weighted by Crippen LogP contribution is -2.10. The zero-order chi connectivity index (χ0) is 16.0. The molecule has 4 rings (SSSR count). The van der Waals surface area contributed by atoms with Crippen LogP contribution in [0.5, 0.6) is 5.75 Å². The Bertz CT molecular complexity index is 908. The summed E-state index contributed by atoms with van der Waals surface area (Å²) in [5, 5.41) is 14.8. The molecular formula is C18H17N3O2. The van der Waals surface area contributed by atoms with E-state index in [-0.39, 0.29) is 5.75 Å². The molecule has 0 amide bonds. The second-order valence-corrected chi connectivity index (χ2v) is 5.79. The molecule has 116 valence electrons. The molecule has 0 saturated heterocycles. The van der Waals surface area contributed by atoms with Gasteiger partial charge >= 0.3 is 0 Å². The minimum Gasteiger partial charge on any atom is -0.506 e. The number of aryl methyl sites for hydroxylation is 2. The molecular weight excluding hydrogens is 290 g/mol. The monoisotopic (exact) mass is 307 g/mol. The fraction of sp³-hybridized carbons (Fsp3) is 0.222. The first-order valence-electron chi connectivity index (χ1n) is 7.55. The summed E-state index contributed by atoms with van der Waals surface area (Å²) >= 11 is 0. The van der Waals surface area contributed by atoms with E-state index in [1.165, 1.54) is 0 Å². The summed E-state index contributed by atoms with van der Waals surface area (Å²) in [5.74, 6) is 0.201. The minimum atomic E-state index is -0.392. The number of hydrogen-bond acceptors (Lipinski definition) is 5. The van der Waals surface area contributed by atoms with Crippen LogP contribution < -0.4 is 5.32 Å². The van der Waals surface area contributed by atoms with E-state index in [0.717, 1.165) is 33.4 Å². The Hall–Kier alpha value is -2.66. The summed E-state index contributed by atoms with van der Waals surface area (Å²) in [4.78, 5) is 8.73. The summed E-state index contributed by atoms with van der Waals surface area (Å²) < 4.78 is 5.82. The van der Waals surface area contributed by atoms with E-state index in [1.807, 2.05) is 37.3 Å². The number of benzene rings is 1. The lowest BCUT2D eigenvalue weighted by atomic mass is 10.1. The lowest BCUT2D eigenvalue weighted by Gasteiger charge is -2.18. The van der Waals surface area contributed by atoms with Gasteiger partial charge in [-0.25, -0.2) is 0 Å². The van der Waals surface area contributed by atoms with Gasteiger partial charge in [0.15, 0.2) is 6.23 Å². The highest BCUT2D eigenvalue weighted by Crippen LogP contribution is 2.39. The molecule has 5 nitrogen and oxygen atoms in total. The van der Waals surface area contributed by atoms with Crippen molar-refractivity contribution < 1.29 is 9.84 Å². The largest absolute Gasteiger partial charge is 0.506 e. The highest BCUT2D eigenvalue weighted by Gasteiger charge is 2.28. The SMILES string of the molecule is Cc1cc(NC2OCc3cnc(C)c(O)c32)c2ccccc2n1. The second kappa shape index (κ2) is 5.21. The normalized spacial score (nSPS) is 16.5. The van der Waals surface area contributed by atoms with Gasteiger partial charge in [-0.3, -0.25) is 9.97 Å². The van der Waals surface area contributed by atoms with Crippen LogP contribution in [0.1, 0.15) is 28.7 Å². The van der Waals surface area contributed by atoms with E-state index >= 15 is 0 Å². The molecule has 23 heavy (non-hydrogen) atoms. The van der Waals surface area contributed by atoms with Crippen LogP contribution >= 0.6 is 0 Å². The molecule has 1 atom stereocenters. The molecule has 0 spiro atoms. The highest BCUT2D eigenvalue weighted by molar-refractivity contribution is 5.91. The maximum atomic E-state index is 10.3. The third-order valence-corrected chi connectivity index (χ3v) is 4.16. The van der Waals surface area contributed by atoms with Crippen molar-refractivity contribution in [2.45, 2.75) is 26.7 Å². The van der Waals surface area contributed by atoms with Crippen molar-refractivity contribution in [3.8, 4) is 5.75 Å². The Kier molecular flexibility index (Phi) is 3.16. The summed E-state index contributed by atoms with van der Waals surface area (Å²) in [5.41, 5.74) is 5.11. The standard InChI is InChI=1S/C18H17N3O2/c1-10-7-15(13-5-3-4-6-14(13)20-10)21-18-16-12(9-23-18)8-19-11(2)17(16)22/h3-8,18,22H,9H2,1-2H3,(H,20,21). The Morgan fingerprint density at radius 3 is 2.96 bits per heavy atom. The predicted molar refractivity (Wildman–Crippen MR) is 88.3 cm³/mol. The van der Waals surface area contributed by atoms with Crippen molar-refractivity contribution in [1.82, 2.24) is 9.97 Å². The molecule has 3 aromatic rings. The number of nitrogens with zero attached hydrogens (tertiary/aromatic N) is 2. The molecule has 2 aromatic heterocycles. The van der Waals surface area contributed by atoms with Crippen molar-refractivity contribution in [3.63, 3.8) is 0 Å². The summed E-state index contributed by atoms with van der Waals surface area (Å²) in [6, 6.07) is 9.97. The fourth-order valence-electron chi connectivity index (χ4n) is 3.00. The van der Waals surface area contributed by atoms with Gasteiger partial charge in [0.1, 0.15) is 5.75 Å². The third kappa shape index (κ3) is 2.29. The number of ether oxygens (including phenoxy) is 1. The molecule has 1 aliphatic rings. The molecule has 0 bridgehead atoms. The van der Waals surface area contributed by atoms with Crippen LogP contribution in [0.4, 0.5) is 5.69 Å². The van der Waals surface area contributed by atoms with Gasteiger partial charge in [-0.2, -0.15) is 0 Å². The third-order valence-electron chi connectivity index (χ3n) is 4.16. The zero-order valence-electron chi connectivity index (χ0n) is 13.0. The highest BCUT2D eigenvalue weighted by atomic mass is 16.5. The Morgan fingerprint density at radius 2 is 2.09 bits per heavy atom. The average Bonchev–Trinajstić information content (AvgIpc) is 2.94. The van der Waals surface area contributed by atoms with Crippen molar-refractivity contribution in [2.24, 2.45) is 0 Å². The second-order valence-electron chi connectivity index (χ2n) is 5.79. The maximum Gasteiger partial charge on any atom is 0.158 e. The van der Waals surface area contributed by atoms with Crippen molar-refractivity contribution in [3.05, 3.63) is 59.0 Å². The Morgan fingerprint density at radius 1 is 1.26 bits per heavy atom. The van der Waals surface area contributed by atoms with Gasteiger partial charge in [-0.05, 0) is 26.0 Å². The molecule has 1 unspecified atom stereocenters. The smallest absolute Gasteiger partial charge is 0.158 e. The van der Waals surface area contributed by atoms with Gasteiger partial charge in [-0.1, -0.05) is 18.2 Å². The van der Waals surface area contributed by atoms with E-state index in [0.29, 0.717) is 12.3 Å². The van der Waals surface area contributed by atoms with Gasteiger partial charge in [0, 0.05) is 28.5 Å². The maximum absolute atomic E-state index is 10.3. The molecule has 2 N–H and O–H groups in total. The minimum absolute atomic E-state index is 0.201. The number of aromatic hydroxyl groups is 1. The first-order valence-corrected chi connectivity index (χ1v) is 7.55. The summed E-state index contributed by atoms with van der Waals surface area (Å²) in [6.07, 6.45) is 1.37. The molecule has 5 heteroatoms. The van der Waals surface area contributed by atoms with Gasteiger partial charge < -0.3 is 15.2 Å². The van der Waals surface area contributed by atoms with Crippen LogP contribution in [-0.2, 0) is 11.3 Å². The molecule has 0 aliphatic carbocycles. The number of anilines is 1. The number of para-hydroxylation sites is 1. The Labute approximate surface area is 134 Å². The van der Waals surface area contributed by atoms with Crippen LogP contribution in [0, 0.1) is 13.8 Å². The fourth-order valence-corrected chi connectivity index (χ4v) is 3.00. The van der Waals surface area contributed by atoms with Crippen LogP contribution in [0.25, 0.3) is 10.9 Å². The Balaban J connectivity index is 1.78. The summed E-state index contributed by atoms with van der Waals surface area (Å²) in [7, 11) is 0. The molecule has 1 aromatic carbocycles. The van der Waals surface area contributed by atoms with Crippen LogP contribution in [0.3, 0.4) is 0 Å². The van der Waals surface area contributed by atoms with Crippen molar-refractivity contribution in [2.75, 3.05) is 5.32 Å². The van der Waals surface area contributed by atoms with E-state index in [4.69, 9.17) is 4.74 Å². The number of fused-ring (bicyclic) bond motifs is 2. The predicted octanol–water partition coefficient (Wildman–Crippen LogP) is 3.59. The number of nitrogens with one attached hydrogen (secondary N) is 1. The first kappa shape index (κ1) is 14.0. The summed E-state index contributed by atoms with van der Waals surface area (Å²) in [6.45, 7) is 4.19. The number of hydrogen-bond donors (Lipinski definition) is 2. The van der Waals surface area contributed by atoms with Crippen LogP contribution in [0.2, 0.25) is 0 Å². The van der Waals surface area contributed by atoms with E-state index in [1.54, 1.807) is 13.1 Å². The van der Waals surface area contributed by atoms with Gasteiger partial charge in [0.05, 0.1) is 23.4 Å². The molecule has 0 saturated carbocycles. The van der Waals surface area contributed by atoms with Gasteiger partial charge in [0.2, 0.25) is 0 Å². The molecule has 0 radical (unpaired) electrons. The molecule has 0 fully saturated rings. The first-order chi connectivity index (χ1) is 11.1. The van der Waals surface area contributed by atoms with Crippen molar-refractivity contribution >= 4 is 16.6 Å². The van der Waals surface area contributed by atoms with Crippen LogP contribution in [0.15, 0.2) is 36.5 Å². The number of pyridine rings is 2. The number of rotatable bonds is 2. The van der Waals surface area contributed by atoms with Gasteiger partial charge in [-0.15, -0.1) is 0 Å². The quantitative estimate of drug-likeness (QED) is 0.757. The zero-order valence-corrected chi connectivity index (χ0v) is 13.0. The van der Waals surface area contributed by atoms with E-state index in [2.05, 4.69) is 15.3 Å². The van der Waals surface area contributed by atoms with E-state index < -0.39 is 6.23 Å². The molecule has 3 heterocycles. The topological polar surface area (TPSA) is 67.3 Å². The molecule has 1 aliphatic heterocycles. The van der Waals surface area contributed by atoms with Crippen molar-refractivity contribution in [1.29, 1.82) is 0 Å². The number of aromatic nitrogens is 2.